The van der Waals surface area contributed by atoms with Crippen LogP contribution in [0.2, 0.25) is 0 Å². The number of benzene rings is 1. The topological polar surface area (TPSA) is 12.4 Å². The summed E-state index contributed by atoms with van der Waals surface area (Å²) in [5.41, 5.74) is 9.91. The second-order valence-corrected chi connectivity index (χ2v) is 10.5. The van der Waals surface area contributed by atoms with Gasteiger partial charge in [-0.15, -0.1) is 28.8 Å². The molecule has 0 radical (unpaired) electrons. The molecule has 0 saturated heterocycles. The Morgan fingerprint density at radius 3 is 2.30 bits per heavy atom. The van der Waals surface area contributed by atoms with Crippen molar-refractivity contribution in [2.75, 3.05) is 5.75 Å². The van der Waals surface area contributed by atoms with Crippen LogP contribution in [0.4, 0.5) is 0 Å². The summed E-state index contributed by atoms with van der Waals surface area (Å²) in [7, 11) is 0. The molecule has 33 heavy (non-hydrogen) atoms. The SMILES string of the molecule is C=C=C(C)CCCc1ccccc1CCC.CCC/C(=C\N=C(C)CSc1cccs1)CC. The molecule has 2 rings (SSSR count). The predicted molar refractivity (Wildman–Crippen MR) is 153 cm³/mol. The molecule has 0 fully saturated rings. The molecular formula is C30H43NS2. The van der Waals surface area contributed by atoms with Crippen molar-refractivity contribution in [1.29, 1.82) is 0 Å². The van der Waals surface area contributed by atoms with Crippen molar-refractivity contribution in [1.82, 2.24) is 0 Å². The van der Waals surface area contributed by atoms with E-state index < -0.39 is 0 Å². The number of aliphatic imine (C=N–C) groups is 1. The molecule has 0 atom stereocenters. The summed E-state index contributed by atoms with van der Waals surface area (Å²) in [5, 5.41) is 2.12. The molecule has 0 aliphatic heterocycles. The molecule has 0 spiro atoms. The van der Waals surface area contributed by atoms with E-state index in [2.05, 4.69) is 99.9 Å². The molecule has 3 heteroatoms. The van der Waals surface area contributed by atoms with Crippen molar-refractivity contribution in [2.45, 2.75) is 90.2 Å². The van der Waals surface area contributed by atoms with E-state index in [0.717, 1.165) is 18.6 Å². The Morgan fingerprint density at radius 1 is 1.00 bits per heavy atom. The van der Waals surface area contributed by atoms with Crippen molar-refractivity contribution in [2.24, 2.45) is 4.99 Å². The average Bonchev–Trinajstić information content (AvgIpc) is 3.35. The molecule has 0 bridgehead atoms. The van der Waals surface area contributed by atoms with E-state index in [9.17, 15) is 0 Å². The number of rotatable bonds is 13. The molecule has 0 saturated carbocycles. The number of thiophene rings is 1. The molecule has 0 aliphatic carbocycles. The van der Waals surface area contributed by atoms with E-state index in [0.29, 0.717) is 0 Å². The van der Waals surface area contributed by atoms with E-state index in [1.807, 2.05) is 11.8 Å². The van der Waals surface area contributed by atoms with Crippen molar-refractivity contribution in [3.63, 3.8) is 0 Å². The summed E-state index contributed by atoms with van der Waals surface area (Å²) in [5.74, 6) is 0.986. The van der Waals surface area contributed by atoms with Gasteiger partial charge in [0.1, 0.15) is 0 Å². The summed E-state index contributed by atoms with van der Waals surface area (Å²) in [6.45, 7) is 14.5. The zero-order chi connectivity index (χ0) is 24.3. The first-order valence-corrected chi connectivity index (χ1v) is 14.2. The Bertz CT molecular complexity index is 884. The summed E-state index contributed by atoms with van der Waals surface area (Å²) in [6.07, 6.45) is 11.5. The minimum absolute atomic E-state index is 0.986. The highest BCUT2D eigenvalue weighted by molar-refractivity contribution is 8.01. The maximum absolute atomic E-state index is 4.55. The summed E-state index contributed by atoms with van der Waals surface area (Å²) in [4.78, 5) is 4.55. The first-order valence-electron chi connectivity index (χ1n) is 12.3. The van der Waals surface area contributed by atoms with Crippen LogP contribution in [0.15, 0.2) is 80.6 Å². The Balaban J connectivity index is 0.000000331. The zero-order valence-electron chi connectivity index (χ0n) is 21.5. The van der Waals surface area contributed by atoms with Crippen molar-refractivity contribution >= 4 is 28.8 Å². The van der Waals surface area contributed by atoms with E-state index >= 15 is 0 Å². The fourth-order valence-corrected chi connectivity index (χ4v) is 5.03. The largest absolute Gasteiger partial charge is 0.265 e. The van der Waals surface area contributed by atoms with Gasteiger partial charge in [-0.1, -0.05) is 76.1 Å². The smallest absolute Gasteiger partial charge is 0.0602 e. The first kappa shape index (κ1) is 29.2. The third kappa shape index (κ3) is 13.5. The van der Waals surface area contributed by atoms with Gasteiger partial charge in [-0.3, -0.25) is 4.99 Å². The highest BCUT2D eigenvalue weighted by Gasteiger charge is 2.01. The standard InChI is InChI=1S/C16H22.C14H21NS2/c1-4-9-15-11-6-7-12-16(15)13-8-10-14(3)5-2;1-4-7-13(5-2)10-15-12(3)11-17-14-8-6-9-16-14/h6-7,11-12H,2,4,8-10,13H2,1,3H3;6,8-10H,4-5,7,11H2,1-3H3/b;13-10-,15-12?. The fraction of sp³-hybridized carbons (Fsp3) is 0.467. The quantitative estimate of drug-likeness (QED) is 0.157. The molecule has 180 valence electrons. The van der Waals surface area contributed by atoms with Gasteiger partial charge >= 0.3 is 0 Å². The van der Waals surface area contributed by atoms with Crippen LogP contribution < -0.4 is 0 Å². The van der Waals surface area contributed by atoms with Crippen LogP contribution in [-0.2, 0) is 12.8 Å². The normalized spacial score (nSPS) is 11.5. The molecule has 1 nitrogen and oxygen atoms in total. The van der Waals surface area contributed by atoms with Crippen LogP contribution in [0.25, 0.3) is 0 Å². The fourth-order valence-electron chi connectivity index (χ4n) is 3.36. The van der Waals surface area contributed by atoms with E-state index in [1.54, 1.807) is 11.3 Å². The summed E-state index contributed by atoms with van der Waals surface area (Å²) >= 11 is 3.66. The minimum Gasteiger partial charge on any atom is -0.265 e. The van der Waals surface area contributed by atoms with Gasteiger partial charge in [0, 0.05) is 17.7 Å². The third-order valence-electron chi connectivity index (χ3n) is 5.35. The third-order valence-corrected chi connectivity index (χ3v) is 7.64. The van der Waals surface area contributed by atoms with Crippen LogP contribution in [0.3, 0.4) is 0 Å². The monoisotopic (exact) mass is 481 g/mol. The second-order valence-electron chi connectivity index (χ2n) is 8.31. The van der Waals surface area contributed by atoms with Crippen molar-refractivity contribution in [3.8, 4) is 0 Å². The highest BCUT2D eigenvalue weighted by atomic mass is 32.2. The maximum atomic E-state index is 4.55. The van der Waals surface area contributed by atoms with Gasteiger partial charge in [0.15, 0.2) is 0 Å². The van der Waals surface area contributed by atoms with Gasteiger partial charge in [0.25, 0.3) is 0 Å². The lowest BCUT2D eigenvalue weighted by molar-refractivity contribution is 0.795. The molecule has 0 N–H and O–H groups in total. The molecule has 0 amide bonds. The highest BCUT2D eigenvalue weighted by Crippen LogP contribution is 2.23. The van der Waals surface area contributed by atoms with E-state index in [1.165, 1.54) is 70.7 Å². The van der Waals surface area contributed by atoms with Crippen LogP contribution in [0.5, 0.6) is 0 Å². The van der Waals surface area contributed by atoms with Crippen LogP contribution in [0.1, 0.15) is 84.3 Å². The molecule has 0 unspecified atom stereocenters. The predicted octanol–water partition coefficient (Wildman–Crippen LogP) is 10.1. The number of aryl methyl sites for hydroxylation is 2. The second kappa shape index (κ2) is 18.6. The van der Waals surface area contributed by atoms with Crippen molar-refractivity contribution in [3.05, 3.63) is 82.6 Å². The van der Waals surface area contributed by atoms with E-state index in [-0.39, 0.29) is 0 Å². The van der Waals surface area contributed by atoms with Crippen LogP contribution in [0, 0.1) is 0 Å². The summed E-state index contributed by atoms with van der Waals surface area (Å²) < 4.78 is 1.37. The maximum Gasteiger partial charge on any atom is 0.0602 e. The molecule has 1 heterocycles. The molecule has 1 aromatic carbocycles. The van der Waals surface area contributed by atoms with Gasteiger partial charge < -0.3 is 0 Å². The zero-order valence-corrected chi connectivity index (χ0v) is 23.1. The van der Waals surface area contributed by atoms with Crippen molar-refractivity contribution < 1.29 is 0 Å². The lowest BCUT2D eigenvalue weighted by Gasteiger charge is -2.08. The van der Waals surface area contributed by atoms with Gasteiger partial charge in [-0.05, 0) is 80.5 Å². The number of allylic oxidation sites excluding steroid dienone is 2. The first-order chi connectivity index (χ1) is 16.0. The molecule has 2 aromatic rings. The number of hydrogen-bond acceptors (Lipinski definition) is 3. The van der Waals surface area contributed by atoms with Gasteiger partial charge in [-0.2, -0.15) is 0 Å². The molecule has 1 aromatic heterocycles. The Hall–Kier alpha value is -1.80. The molecule has 0 aliphatic rings. The number of hydrogen-bond donors (Lipinski definition) is 0. The van der Waals surface area contributed by atoms with Gasteiger partial charge in [0.2, 0.25) is 0 Å². The lowest BCUT2D eigenvalue weighted by Crippen LogP contribution is -1.94. The van der Waals surface area contributed by atoms with Crippen LogP contribution >= 0.6 is 23.1 Å². The Kier molecular flexibility index (Phi) is 16.5. The molecular weight excluding hydrogens is 438 g/mol. The van der Waals surface area contributed by atoms with Crippen LogP contribution in [-0.4, -0.2) is 11.5 Å². The average molecular weight is 482 g/mol. The summed E-state index contributed by atoms with van der Waals surface area (Å²) in [6, 6.07) is 13.1. The number of thioether (sulfide) groups is 1. The lowest BCUT2D eigenvalue weighted by atomic mass is 9.98. The van der Waals surface area contributed by atoms with Gasteiger partial charge in [0.05, 0.1) is 4.21 Å². The number of nitrogens with zero attached hydrogens (tertiary/aromatic N) is 1. The van der Waals surface area contributed by atoms with E-state index in [4.69, 9.17) is 0 Å². The minimum atomic E-state index is 0.986. The Labute approximate surface area is 211 Å². The Morgan fingerprint density at radius 2 is 1.73 bits per heavy atom. The van der Waals surface area contributed by atoms with Gasteiger partial charge in [-0.25, -0.2) is 0 Å².